The van der Waals surface area contributed by atoms with Crippen LogP contribution in [0.3, 0.4) is 0 Å². The van der Waals surface area contributed by atoms with Gasteiger partial charge in [-0.3, -0.25) is 0 Å². The fraction of sp³-hybridized carbons (Fsp3) is 0.467. The summed E-state index contributed by atoms with van der Waals surface area (Å²) in [5, 5.41) is 0.770. The van der Waals surface area contributed by atoms with Crippen LogP contribution in [0.15, 0.2) is 60.7 Å². The summed E-state index contributed by atoms with van der Waals surface area (Å²) < 4.78 is 0. The fourth-order valence-corrected chi connectivity index (χ4v) is 9.45. The molecule has 47 heavy (non-hydrogen) atoms. The Labute approximate surface area is 289 Å². The molecule has 246 valence electrons. The molecule has 0 aliphatic heterocycles. The van der Waals surface area contributed by atoms with Crippen LogP contribution in [0.4, 0.5) is 17.1 Å². The van der Waals surface area contributed by atoms with Crippen molar-refractivity contribution in [3.8, 4) is 11.1 Å². The van der Waals surface area contributed by atoms with Gasteiger partial charge in [-0.25, -0.2) is 0 Å². The van der Waals surface area contributed by atoms with E-state index in [9.17, 15) is 0 Å². The fourth-order valence-electron chi connectivity index (χ4n) is 9.16. The van der Waals surface area contributed by atoms with Crippen LogP contribution in [0, 0.1) is 13.8 Å². The molecule has 0 heterocycles. The Morgan fingerprint density at radius 2 is 1.00 bits per heavy atom. The highest BCUT2D eigenvalue weighted by Gasteiger charge is 2.43. The highest BCUT2D eigenvalue weighted by molar-refractivity contribution is 6.31. The van der Waals surface area contributed by atoms with E-state index < -0.39 is 0 Å². The number of hydrogen-bond donors (Lipinski definition) is 0. The van der Waals surface area contributed by atoms with Crippen molar-refractivity contribution in [3.63, 3.8) is 0 Å². The van der Waals surface area contributed by atoms with Crippen molar-refractivity contribution < 1.29 is 0 Å². The number of fused-ring (bicyclic) bond motifs is 5. The van der Waals surface area contributed by atoms with Gasteiger partial charge in [-0.1, -0.05) is 99.0 Å². The first-order valence-electron chi connectivity index (χ1n) is 17.8. The first-order chi connectivity index (χ1) is 21.7. The second kappa shape index (κ2) is 10.2. The zero-order chi connectivity index (χ0) is 34.1. The molecule has 1 nitrogen and oxygen atoms in total. The van der Waals surface area contributed by atoms with Gasteiger partial charge in [0.05, 0.1) is 0 Å². The lowest BCUT2D eigenvalue weighted by atomic mass is 9.62. The zero-order valence-corrected chi connectivity index (χ0v) is 31.7. The van der Waals surface area contributed by atoms with Gasteiger partial charge in [0.2, 0.25) is 0 Å². The molecular weight excluding hydrogens is 590 g/mol. The molecule has 0 N–H and O–H groups in total. The normalized spacial score (nSPS) is 20.5. The lowest BCUT2D eigenvalue weighted by Gasteiger charge is -2.43. The van der Waals surface area contributed by atoms with Crippen LogP contribution < -0.4 is 4.90 Å². The number of halogens is 1. The van der Waals surface area contributed by atoms with Crippen molar-refractivity contribution in [2.24, 2.45) is 0 Å². The highest BCUT2D eigenvalue weighted by atomic mass is 35.5. The van der Waals surface area contributed by atoms with Gasteiger partial charge in [0.1, 0.15) is 0 Å². The standard InChI is InChI=1S/C45H54ClN/c1-27-19-29(46)22-31(20-27)47(40-26-39-36(21-28(40)2)41(3,4)15-18-44(39,9)10)30-13-14-34-32(23-30)33-24-37-38(25-35(33)45(34,11)12)43(7,8)17-16-42(37,5)6/h13-14,19-26H,15-18H2,1-12H3. The van der Waals surface area contributed by atoms with Crippen molar-refractivity contribution >= 4 is 28.7 Å². The van der Waals surface area contributed by atoms with Gasteiger partial charge in [-0.2, -0.15) is 0 Å². The summed E-state index contributed by atoms with van der Waals surface area (Å²) in [5.41, 5.74) is 18.2. The summed E-state index contributed by atoms with van der Waals surface area (Å²) in [5.74, 6) is 0. The minimum absolute atomic E-state index is 0.0648. The van der Waals surface area contributed by atoms with Crippen molar-refractivity contribution in [2.45, 2.75) is 136 Å². The van der Waals surface area contributed by atoms with E-state index in [2.05, 4.69) is 149 Å². The number of benzene rings is 4. The van der Waals surface area contributed by atoms with Crippen molar-refractivity contribution in [2.75, 3.05) is 4.90 Å². The van der Waals surface area contributed by atoms with E-state index in [4.69, 9.17) is 11.6 Å². The Morgan fingerprint density at radius 1 is 0.489 bits per heavy atom. The second-order valence-electron chi connectivity index (χ2n) is 18.3. The summed E-state index contributed by atoms with van der Waals surface area (Å²) in [6.45, 7) is 28.7. The van der Waals surface area contributed by atoms with E-state index >= 15 is 0 Å². The third kappa shape index (κ3) is 5.01. The van der Waals surface area contributed by atoms with Gasteiger partial charge in [-0.15, -0.1) is 0 Å². The molecule has 0 unspecified atom stereocenters. The zero-order valence-electron chi connectivity index (χ0n) is 30.9. The minimum atomic E-state index is -0.0648. The maximum atomic E-state index is 6.80. The summed E-state index contributed by atoms with van der Waals surface area (Å²) in [7, 11) is 0. The van der Waals surface area contributed by atoms with Gasteiger partial charge in [0, 0.05) is 27.5 Å². The monoisotopic (exact) mass is 643 g/mol. The maximum Gasteiger partial charge on any atom is 0.0493 e. The van der Waals surface area contributed by atoms with E-state index in [0.717, 1.165) is 10.7 Å². The average Bonchev–Trinajstić information content (AvgIpc) is 3.19. The number of aryl methyl sites for hydroxylation is 2. The third-order valence-electron chi connectivity index (χ3n) is 12.6. The number of anilines is 3. The Balaban J connectivity index is 1.48. The smallest absolute Gasteiger partial charge is 0.0493 e. The molecular formula is C45H54ClN. The number of rotatable bonds is 3. The molecule has 3 aliphatic carbocycles. The number of nitrogens with zero attached hydrogens (tertiary/aromatic N) is 1. The molecule has 0 radical (unpaired) electrons. The van der Waals surface area contributed by atoms with Crippen LogP contribution in [-0.2, 0) is 27.1 Å². The molecule has 0 amide bonds. The largest absolute Gasteiger partial charge is 0.310 e. The molecule has 2 heteroatoms. The number of hydrogen-bond acceptors (Lipinski definition) is 1. The van der Waals surface area contributed by atoms with Crippen LogP contribution in [-0.4, -0.2) is 0 Å². The van der Waals surface area contributed by atoms with Crippen molar-refractivity contribution in [1.29, 1.82) is 0 Å². The molecule has 0 aromatic heterocycles. The van der Waals surface area contributed by atoms with E-state index in [0.29, 0.717) is 0 Å². The topological polar surface area (TPSA) is 3.24 Å². The Bertz CT molecular complexity index is 1930. The SMILES string of the molecule is Cc1cc(Cl)cc(N(c2ccc3c(c2)-c2cc4c(cc2C3(C)C)C(C)(C)CCC4(C)C)c2cc3c(cc2C)C(C)(C)CCC3(C)C)c1. The van der Waals surface area contributed by atoms with Crippen LogP contribution in [0.5, 0.6) is 0 Å². The van der Waals surface area contributed by atoms with E-state index in [1.165, 1.54) is 87.1 Å². The van der Waals surface area contributed by atoms with Gasteiger partial charge < -0.3 is 4.90 Å². The predicted molar refractivity (Wildman–Crippen MR) is 204 cm³/mol. The Kier molecular flexibility index (Phi) is 7.08. The van der Waals surface area contributed by atoms with Crippen LogP contribution in [0.25, 0.3) is 11.1 Å². The highest BCUT2D eigenvalue weighted by Crippen LogP contribution is 2.56. The van der Waals surface area contributed by atoms with Crippen LogP contribution in [0.1, 0.15) is 139 Å². The molecule has 0 fully saturated rings. The minimum Gasteiger partial charge on any atom is -0.310 e. The lowest BCUT2D eigenvalue weighted by Crippen LogP contribution is -2.34. The molecule has 0 saturated heterocycles. The Morgan fingerprint density at radius 3 is 1.57 bits per heavy atom. The summed E-state index contributed by atoms with van der Waals surface area (Å²) in [4.78, 5) is 2.48. The lowest BCUT2D eigenvalue weighted by molar-refractivity contribution is 0.331. The molecule has 0 spiro atoms. The molecule has 0 saturated carbocycles. The molecule has 0 bridgehead atoms. The molecule has 0 atom stereocenters. The quantitative estimate of drug-likeness (QED) is 0.215. The first-order valence-corrected chi connectivity index (χ1v) is 18.2. The first kappa shape index (κ1) is 32.5. The molecule has 4 aromatic rings. The van der Waals surface area contributed by atoms with Crippen LogP contribution >= 0.6 is 11.6 Å². The molecule has 3 aliphatic rings. The third-order valence-corrected chi connectivity index (χ3v) is 12.8. The Hall–Kier alpha value is -3.03. The van der Waals surface area contributed by atoms with Gasteiger partial charge >= 0.3 is 0 Å². The van der Waals surface area contributed by atoms with Gasteiger partial charge in [0.25, 0.3) is 0 Å². The van der Waals surface area contributed by atoms with E-state index in [1.54, 1.807) is 5.56 Å². The van der Waals surface area contributed by atoms with E-state index in [1.807, 2.05) is 0 Å². The average molecular weight is 644 g/mol. The summed E-state index contributed by atoms with van der Waals surface area (Å²) >= 11 is 6.80. The van der Waals surface area contributed by atoms with Crippen LogP contribution in [0.2, 0.25) is 5.02 Å². The van der Waals surface area contributed by atoms with Gasteiger partial charge in [-0.05, 0) is 159 Å². The van der Waals surface area contributed by atoms with Crippen molar-refractivity contribution in [1.82, 2.24) is 0 Å². The predicted octanol–water partition coefficient (Wildman–Crippen LogP) is 13.4. The summed E-state index contributed by atoms with van der Waals surface area (Å²) in [6, 6.07) is 23.9. The molecule has 7 rings (SSSR count). The maximum absolute atomic E-state index is 6.80. The second-order valence-corrected chi connectivity index (χ2v) is 18.8. The van der Waals surface area contributed by atoms with Gasteiger partial charge in [0.15, 0.2) is 0 Å². The van der Waals surface area contributed by atoms with E-state index in [-0.39, 0.29) is 27.1 Å². The van der Waals surface area contributed by atoms with Crippen molar-refractivity contribution in [3.05, 3.63) is 110 Å². The summed E-state index contributed by atoms with van der Waals surface area (Å²) in [6.07, 6.45) is 4.84. The molecule has 4 aromatic carbocycles.